The highest BCUT2D eigenvalue weighted by atomic mass is 16.5. The first-order valence-corrected chi connectivity index (χ1v) is 8.19. The van der Waals surface area contributed by atoms with Gasteiger partial charge in [0.2, 0.25) is 0 Å². The van der Waals surface area contributed by atoms with Gasteiger partial charge in [-0.1, -0.05) is 12.1 Å². The second kappa shape index (κ2) is 8.38. The molecule has 2 aromatic rings. The molecule has 0 fully saturated rings. The highest BCUT2D eigenvalue weighted by Crippen LogP contribution is 2.13. The van der Waals surface area contributed by atoms with Crippen LogP contribution in [0.4, 0.5) is 0 Å². The van der Waals surface area contributed by atoms with Gasteiger partial charge >= 0.3 is 0 Å². The van der Waals surface area contributed by atoms with Crippen molar-refractivity contribution in [3.63, 3.8) is 0 Å². The number of methoxy groups -OCH3 is 1. The number of aliphatic imine (C=N–C) groups is 1. The number of guanidine groups is 1. The van der Waals surface area contributed by atoms with Crippen LogP contribution in [0.25, 0.3) is 0 Å². The van der Waals surface area contributed by atoms with Gasteiger partial charge < -0.3 is 15.4 Å². The molecule has 2 N–H and O–H groups in total. The molecule has 24 heavy (non-hydrogen) atoms. The van der Waals surface area contributed by atoms with Gasteiger partial charge in [0.05, 0.1) is 19.3 Å². The van der Waals surface area contributed by atoms with E-state index in [-0.39, 0.29) is 0 Å². The molecule has 6 nitrogen and oxygen atoms in total. The van der Waals surface area contributed by atoms with Crippen molar-refractivity contribution in [2.75, 3.05) is 13.7 Å². The summed E-state index contributed by atoms with van der Waals surface area (Å²) in [5, 5.41) is 11.1. The Bertz CT molecular complexity index is 705. The smallest absolute Gasteiger partial charge is 0.191 e. The number of aryl methyl sites for hydroxylation is 2. The summed E-state index contributed by atoms with van der Waals surface area (Å²) in [6, 6.07) is 7.96. The quantitative estimate of drug-likeness (QED) is 0.630. The van der Waals surface area contributed by atoms with Gasteiger partial charge in [0.15, 0.2) is 5.96 Å². The number of nitrogens with one attached hydrogen (secondary N) is 2. The molecule has 1 aromatic heterocycles. The van der Waals surface area contributed by atoms with Crippen molar-refractivity contribution in [2.45, 2.75) is 33.9 Å². The fourth-order valence-corrected chi connectivity index (χ4v) is 2.53. The normalized spacial score (nSPS) is 11.5. The van der Waals surface area contributed by atoms with Crippen LogP contribution in [-0.2, 0) is 20.1 Å². The van der Waals surface area contributed by atoms with Crippen molar-refractivity contribution in [3.05, 3.63) is 46.8 Å². The highest BCUT2D eigenvalue weighted by molar-refractivity contribution is 5.79. The summed E-state index contributed by atoms with van der Waals surface area (Å²) in [6.07, 6.45) is 0. The van der Waals surface area contributed by atoms with Gasteiger partial charge in [-0.05, 0) is 38.5 Å². The molecule has 0 saturated carbocycles. The van der Waals surface area contributed by atoms with E-state index in [1.165, 1.54) is 11.3 Å². The molecular weight excluding hydrogens is 302 g/mol. The van der Waals surface area contributed by atoms with Gasteiger partial charge in [-0.25, -0.2) is 4.99 Å². The lowest BCUT2D eigenvalue weighted by Gasteiger charge is -2.12. The van der Waals surface area contributed by atoms with E-state index < -0.39 is 0 Å². The topological polar surface area (TPSA) is 63.5 Å². The molecule has 0 aliphatic heterocycles. The Labute approximate surface area is 143 Å². The minimum Gasteiger partial charge on any atom is -0.497 e. The maximum absolute atomic E-state index is 5.25. The van der Waals surface area contributed by atoms with E-state index in [2.05, 4.69) is 34.6 Å². The largest absolute Gasteiger partial charge is 0.497 e. The van der Waals surface area contributed by atoms with Crippen LogP contribution in [0.2, 0.25) is 0 Å². The lowest BCUT2D eigenvalue weighted by Crippen LogP contribution is -2.37. The summed E-state index contributed by atoms with van der Waals surface area (Å²) >= 11 is 0. The summed E-state index contributed by atoms with van der Waals surface area (Å²) in [6.45, 7) is 8.28. The Morgan fingerprint density at radius 3 is 2.71 bits per heavy atom. The van der Waals surface area contributed by atoms with Gasteiger partial charge in [0.25, 0.3) is 0 Å². The van der Waals surface area contributed by atoms with E-state index in [4.69, 9.17) is 4.74 Å². The molecule has 2 rings (SSSR count). The molecule has 0 aliphatic carbocycles. The number of benzene rings is 1. The van der Waals surface area contributed by atoms with Gasteiger partial charge in [-0.2, -0.15) is 5.10 Å². The van der Waals surface area contributed by atoms with E-state index in [1.807, 2.05) is 42.9 Å². The zero-order chi connectivity index (χ0) is 17.5. The molecular formula is C18H27N5O. The molecule has 0 atom stereocenters. The number of ether oxygens (including phenoxy) is 1. The Kier molecular flexibility index (Phi) is 6.23. The monoisotopic (exact) mass is 329 g/mol. The Balaban J connectivity index is 2.05. The van der Waals surface area contributed by atoms with E-state index in [0.717, 1.165) is 29.5 Å². The van der Waals surface area contributed by atoms with Gasteiger partial charge in [-0.3, -0.25) is 4.68 Å². The Morgan fingerprint density at radius 2 is 2.08 bits per heavy atom. The highest BCUT2D eigenvalue weighted by Gasteiger charge is 2.09. The zero-order valence-corrected chi connectivity index (χ0v) is 15.2. The number of hydrogen-bond acceptors (Lipinski definition) is 3. The zero-order valence-electron chi connectivity index (χ0n) is 15.2. The van der Waals surface area contributed by atoms with Crippen molar-refractivity contribution in [1.82, 2.24) is 20.4 Å². The van der Waals surface area contributed by atoms with Crippen LogP contribution in [-0.4, -0.2) is 29.4 Å². The third-order valence-electron chi connectivity index (χ3n) is 3.99. The third kappa shape index (κ3) is 4.50. The van der Waals surface area contributed by atoms with Gasteiger partial charge in [0.1, 0.15) is 5.75 Å². The number of nitrogens with zero attached hydrogens (tertiary/aromatic N) is 3. The fourth-order valence-electron chi connectivity index (χ4n) is 2.53. The van der Waals surface area contributed by atoms with Crippen molar-refractivity contribution >= 4 is 5.96 Å². The molecule has 0 spiro atoms. The molecule has 1 aromatic carbocycles. The van der Waals surface area contributed by atoms with E-state index >= 15 is 0 Å². The van der Waals surface area contributed by atoms with Crippen LogP contribution < -0.4 is 15.4 Å². The van der Waals surface area contributed by atoms with Crippen LogP contribution in [0, 0.1) is 13.8 Å². The number of aromatic nitrogens is 2. The molecule has 0 aliphatic rings. The molecule has 0 radical (unpaired) electrons. The second-order valence-corrected chi connectivity index (χ2v) is 5.67. The van der Waals surface area contributed by atoms with Crippen molar-refractivity contribution in [2.24, 2.45) is 12.0 Å². The van der Waals surface area contributed by atoms with Crippen LogP contribution in [0.1, 0.15) is 29.4 Å². The lowest BCUT2D eigenvalue weighted by molar-refractivity contribution is 0.414. The van der Waals surface area contributed by atoms with Crippen LogP contribution in [0.5, 0.6) is 5.75 Å². The Hall–Kier alpha value is -2.50. The number of hydrogen-bond donors (Lipinski definition) is 2. The van der Waals surface area contributed by atoms with Crippen molar-refractivity contribution in [1.29, 1.82) is 0 Å². The molecule has 0 unspecified atom stereocenters. The molecule has 6 heteroatoms. The van der Waals surface area contributed by atoms with Crippen LogP contribution in [0.15, 0.2) is 29.3 Å². The second-order valence-electron chi connectivity index (χ2n) is 5.67. The van der Waals surface area contributed by atoms with E-state index in [1.54, 1.807) is 7.11 Å². The van der Waals surface area contributed by atoms with Crippen LogP contribution in [0.3, 0.4) is 0 Å². The fraction of sp³-hybridized carbons (Fsp3) is 0.444. The molecule has 0 saturated heterocycles. The summed E-state index contributed by atoms with van der Waals surface area (Å²) in [4.78, 5) is 4.65. The predicted octanol–water partition coefficient (Wildman–Crippen LogP) is 2.30. The Morgan fingerprint density at radius 1 is 1.29 bits per heavy atom. The van der Waals surface area contributed by atoms with Crippen molar-refractivity contribution in [3.8, 4) is 5.75 Å². The van der Waals surface area contributed by atoms with Gasteiger partial charge in [0, 0.05) is 31.4 Å². The molecule has 1 heterocycles. The SMILES string of the molecule is CCNC(=NCc1cccc(OC)c1)NCc1c(C)nn(C)c1C. The lowest BCUT2D eigenvalue weighted by atomic mass is 10.2. The summed E-state index contributed by atoms with van der Waals surface area (Å²) in [5.41, 5.74) is 4.54. The van der Waals surface area contributed by atoms with Gasteiger partial charge in [-0.15, -0.1) is 0 Å². The number of rotatable bonds is 6. The standard InChI is InChI=1S/C18H27N5O/c1-6-19-18(20-11-15-8-7-9-16(10-15)24-5)21-12-17-13(2)22-23(4)14(17)3/h7-10H,6,11-12H2,1-5H3,(H2,19,20,21). The first kappa shape index (κ1) is 17.8. The van der Waals surface area contributed by atoms with E-state index in [9.17, 15) is 0 Å². The minimum atomic E-state index is 0.595. The summed E-state index contributed by atoms with van der Waals surface area (Å²) < 4.78 is 7.16. The molecule has 130 valence electrons. The minimum absolute atomic E-state index is 0.595. The predicted molar refractivity (Wildman–Crippen MR) is 97.3 cm³/mol. The van der Waals surface area contributed by atoms with Crippen LogP contribution >= 0.6 is 0 Å². The summed E-state index contributed by atoms with van der Waals surface area (Å²) in [7, 11) is 3.64. The first-order valence-electron chi connectivity index (χ1n) is 8.19. The first-order chi connectivity index (χ1) is 11.5. The maximum Gasteiger partial charge on any atom is 0.191 e. The average Bonchev–Trinajstić information content (AvgIpc) is 2.83. The average molecular weight is 329 g/mol. The third-order valence-corrected chi connectivity index (χ3v) is 3.99. The van der Waals surface area contributed by atoms with Crippen molar-refractivity contribution < 1.29 is 4.74 Å². The maximum atomic E-state index is 5.25. The molecule has 0 bridgehead atoms. The van der Waals surface area contributed by atoms with E-state index in [0.29, 0.717) is 13.1 Å². The molecule has 0 amide bonds. The summed E-state index contributed by atoms with van der Waals surface area (Å²) in [5.74, 6) is 1.64.